The highest BCUT2D eigenvalue weighted by Gasteiger charge is 2.12. The van der Waals surface area contributed by atoms with Crippen LogP contribution in [0.25, 0.3) is 0 Å². The summed E-state index contributed by atoms with van der Waals surface area (Å²) >= 11 is 0. The first-order valence-electron chi connectivity index (χ1n) is 7.94. The number of hydrogen-bond donors (Lipinski definition) is 1. The van der Waals surface area contributed by atoms with Crippen molar-refractivity contribution in [1.29, 1.82) is 0 Å². The van der Waals surface area contributed by atoms with Gasteiger partial charge in [0.1, 0.15) is 0 Å². The third kappa shape index (κ3) is 5.36. The van der Waals surface area contributed by atoms with Crippen LogP contribution in [0.2, 0.25) is 0 Å². The predicted octanol–water partition coefficient (Wildman–Crippen LogP) is 5.43. The quantitative estimate of drug-likeness (QED) is 0.658. The van der Waals surface area contributed by atoms with Crippen molar-refractivity contribution in [3.05, 3.63) is 35.4 Å². The first kappa shape index (κ1) is 16.2. The molecule has 1 rings (SSSR count). The van der Waals surface area contributed by atoms with E-state index in [0.717, 1.165) is 0 Å². The van der Waals surface area contributed by atoms with Gasteiger partial charge < -0.3 is 5.32 Å². The summed E-state index contributed by atoms with van der Waals surface area (Å²) in [5.74, 6) is 0.616. The highest BCUT2D eigenvalue weighted by atomic mass is 14.9. The molecular formula is C18H31N. The van der Waals surface area contributed by atoms with Crippen LogP contribution in [0.1, 0.15) is 83.4 Å². The predicted molar refractivity (Wildman–Crippen MR) is 85.7 cm³/mol. The Morgan fingerprint density at radius 1 is 0.842 bits per heavy atom. The summed E-state index contributed by atoms with van der Waals surface area (Å²) < 4.78 is 0. The molecule has 0 aliphatic heterocycles. The standard InChI is InChI=1S/C18H31N/c1-6-8-18(9-7-2)19-15(5)17-12-10-16(11-13-17)14(3)4/h10-15,18-19H,6-9H2,1-5H3. The Hall–Kier alpha value is -0.820. The minimum absolute atomic E-state index is 0.448. The Bertz CT molecular complexity index is 333. The first-order chi connectivity index (χ1) is 9.08. The molecule has 1 heteroatoms. The molecule has 0 bridgehead atoms. The van der Waals surface area contributed by atoms with Gasteiger partial charge in [-0.15, -0.1) is 0 Å². The molecule has 1 aromatic carbocycles. The van der Waals surface area contributed by atoms with E-state index in [0.29, 0.717) is 18.0 Å². The van der Waals surface area contributed by atoms with Crippen LogP contribution in [0.5, 0.6) is 0 Å². The van der Waals surface area contributed by atoms with Crippen LogP contribution in [0.4, 0.5) is 0 Å². The van der Waals surface area contributed by atoms with Crippen LogP contribution in [0.15, 0.2) is 24.3 Å². The fourth-order valence-corrected chi connectivity index (χ4v) is 2.63. The summed E-state index contributed by atoms with van der Waals surface area (Å²) in [6, 6.07) is 10.2. The van der Waals surface area contributed by atoms with Crippen molar-refractivity contribution in [3.63, 3.8) is 0 Å². The van der Waals surface area contributed by atoms with E-state index in [1.165, 1.54) is 36.8 Å². The molecule has 1 atom stereocenters. The Labute approximate surface area is 119 Å². The van der Waals surface area contributed by atoms with Crippen LogP contribution < -0.4 is 5.32 Å². The van der Waals surface area contributed by atoms with Gasteiger partial charge in [0, 0.05) is 12.1 Å². The lowest BCUT2D eigenvalue weighted by Gasteiger charge is -2.23. The highest BCUT2D eigenvalue weighted by molar-refractivity contribution is 5.26. The monoisotopic (exact) mass is 261 g/mol. The summed E-state index contributed by atoms with van der Waals surface area (Å²) in [7, 11) is 0. The Balaban J connectivity index is 2.62. The van der Waals surface area contributed by atoms with E-state index in [9.17, 15) is 0 Å². The summed E-state index contributed by atoms with van der Waals surface area (Å²) in [5, 5.41) is 3.78. The zero-order chi connectivity index (χ0) is 14.3. The summed E-state index contributed by atoms with van der Waals surface area (Å²) in [4.78, 5) is 0. The van der Waals surface area contributed by atoms with Gasteiger partial charge in [-0.25, -0.2) is 0 Å². The molecule has 0 amide bonds. The second kappa shape index (κ2) is 8.37. The maximum atomic E-state index is 3.78. The summed E-state index contributed by atoms with van der Waals surface area (Å²) in [6.07, 6.45) is 5.08. The van der Waals surface area contributed by atoms with Crippen LogP contribution >= 0.6 is 0 Å². The van der Waals surface area contributed by atoms with E-state index in [1.807, 2.05) is 0 Å². The second-order valence-electron chi connectivity index (χ2n) is 5.98. The fourth-order valence-electron chi connectivity index (χ4n) is 2.63. The molecule has 0 fully saturated rings. The van der Waals surface area contributed by atoms with Gasteiger partial charge in [-0.1, -0.05) is 64.8 Å². The SMILES string of the molecule is CCCC(CCC)NC(C)c1ccc(C(C)C)cc1. The smallest absolute Gasteiger partial charge is 0.0294 e. The topological polar surface area (TPSA) is 12.0 Å². The van der Waals surface area contributed by atoms with Gasteiger partial charge in [-0.05, 0) is 36.8 Å². The first-order valence-corrected chi connectivity index (χ1v) is 7.94. The third-order valence-corrected chi connectivity index (χ3v) is 3.86. The number of hydrogen-bond acceptors (Lipinski definition) is 1. The zero-order valence-corrected chi connectivity index (χ0v) is 13.4. The van der Waals surface area contributed by atoms with E-state index >= 15 is 0 Å². The van der Waals surface area contributed by atoms with E-state index in [-0.39, 0.29) is 0 Å². The van der Waals surface area contributed by atoms with Crippen molar-refractivity contribution in [3.8, 4) is 0 Å². The van der Waals surface area contributed by atoms with Crippen molar-refractivity contribution in [2.45, 2.75) is 78.3 Å². The molecule has 0 saturated carbocycles. The summed E-state index contributed by atoms with van der Waals surface area (Å²) in [6.45, 7) is 11.3. The van der Waals surface area contributed by atoms with Crippen molar-refractivity contribution >= 4 is 0 Å². The molecule has 19 heavy (non-hydrogen) atoms. The number of rotatable bonds is 8. The number of benzene rings is 1. The summed E-state index contributed by atoms with van der Waals surface area (Å²) in [5.41, 5.74) is 2.83. The van der Waals surface area contributed by atoms with Crippen molar-refractivity contribution in [2.75, 3.05) is 0 Å². The van der Waals surface area contributed by atoms with Crippen molar-refractivity contribution < 1.29 is 0 Å². The van der Waals surface area contributed by atoms with Crippen LogP contribution in [-0.4, -0.2) is 6.04 Å². The Morgan fingerprint density at radius 2 is 1.32 bits per heavy atom. The second-order valence-corrected chi connectivity index (χ2v) is 5.98. The maximum absolute atomic E-state index is 3.78. The van der Waals surface area contributed by atoms with Crippen molar-refractivity contribution in [2.24, 2.45) is 0 Å². The van der Waals surface area contributed by atoms with Crippen LogP contribution in [0.3, 0.4) is 0 Å². The molecular weight excluding hydrogens is 230 g/mol. The molecule has 1 unspecified atom stereocenters. The average Bonchev–Trinajstić information content (AvgIpc) is 2.39. The molecule has 1 aromatic rings. The molecule has 1 N–H and O–H groups in total. The molecule has 0 aliphatic rings. The lowest BCUT2D eigenvalue weighted by atomic mass is 9.98. The normalized spacial score (nSPS) is 13.2. The lowest BCUT2D eigenvalue weighted by Crippen LogP contribution is -2.31. The molecule has 0 heterocycles. The maximum Gasteiger partial charge on any atom is 0.0294 e. The zero-order valence-electron chi connectivity index (χ0n) is 13.4. The highest BCUT2D eigenvalue weighted by Crippen LogP contribution is 2.20. The molecule has 0 aliphatic carbocycles. The Morgan fingerprint density at radius 3 is 1.74 bits per heavy atom. The van der Waals surface area contributed by atoms with Crippen molar-refractivity contribution in [1.82, 2.24) is 5.32 Å². The minimum Gasteiger partial charge on any atom is -0.307 e. The van der Waals surface area contributed by atoms with E-state index < -0.39 is 0 Å². The van der Waals surface area contributed by atoms with Gasteiger partial charge in [0.15, 0.2) is 0 Å². The number of nitrogens with one attached hydrogen (secondary N) is 1. The third-order valence-electron chi connectivity index (χ3n) is 3.86. The molecule has 0 saturated heterocycles. The molecule has 108 valence electrons. The van der Waals surface area contributed by atoms with Gasteiger partial charge in [-0.3, -0.25) is 0 Å². The Kier molecular flexibility index (Phi) is 7.15. The van der Waals surface area contributed by atoms with E-state index in [2.05, 4.69) is 64.2 Å². The minimum atomic E-state index is 0.448. The molecule has 0 radical (unpaired) electrons. The molecule has 1 nitrogen and oxygen atoms in total. The molecule has 0 spiro atoms. The largest absolute Gasteiger partial charge is 0.307 e. The van der Waals surface area contributed by atoms with Gasteiger partial charge in [-0.2, -0.15) is 0 Å². The average molecular weight is 261 g/mol. The van der Waals surface area contributed by atoms with E-state index in [4.69, 9.17) is 0 Å². The van der Waals surface area contributed by atoms with Crippen LogP contribution in [0, 0.1) is 0 Å². The lowest BCUT2D eigenvalue weighted by molar-refractivity contribution is 0.402. The fraction of sp³-hybridized carbons (Fsp3) is 0.667. The van der Waals surface area contributed by atoms with Gasteiger partial charge in [0.25, 0.3) is 0 Å². The molecule has 0 aromatic heterocycles. The van der Waals surface area contributed by atoms with Gasteiger partial charge in [0.05, 0.1) is 0 Å². The van der Waals surface area contributed by atoms with Gasteiger partial charge in [0.2, 0.25) is 0 Å². The van der Waals surface area contributed by atoms with Gasteiger partial charge >= 0.3 is 0 Å². The van der Waals surface area contributed by atoms with Crippen LogP contribution in [-0.2, 0) is 0 Å². The van der Waals surface area contributed by atoms with E-state index in [1.54, 1.807) is 0 Å².